The van der Waals surface area contributed by atoms with E-state index < -0.39 is 34.7 Å². The number of sulfonamides is 1. The van der Waals surface area contributed by atoms with Crippen LogP contribution in [-0.2, 0) is 20.8 Å². The molecule has 0 aliphatic carbocycles. The van der Waals surface area contributed by atoms with Gasteiger partial charge in [0.25, 0.3) is 0 Å². The second kappa shape index (κ2) is 10.1. The van der Waals surface area contributed by atoms with Crippen LogP contribution in [0.25, 0.3) is 0 Å². The molecule has 0 saturated heterocycles. The van der Waals surface area contributed by atoms with Crippen LogP contribution in [0.2, 0.25) is 0 Å². The number of hydrogen-bond donors (Lipinski definition) is 1. The normalized spacial score (nSPS) is 13.3. The summed E-state index contributed by atoms with van der Waals surface area (Å²) in [6, 6.07) is 26.9. The average Bonchev–Trinajstić information content (AvgIpc) is 2.88. The Balaban J connectivity index is 1.93. The predicted molar refractivity (Wildman–Crippen MR) is 135 cm³/mol. The molecule has 0 bridgehead atoms. The van der Waals surface area contributed by atoms with Crippen LogP contribution in [-0.4, -0.2) is 8.42 Å². The highest BCUT2D eigenvalue weighted by molar-refractivity contribution is 7.90. The van der Waals surface area contributed by atoms with E-state index in [1.54, 1.807) is 72.8 Å². The van der Waals surface area contributed by atoms with Crippen molar-refractivity contribution in [3.63, 3.8) is 0 Å². The van der Waals surface area contributed by atoms with Crippen molar-refractivity contribution in [1.82, 2.24) is 4.72 Å². The zero-order valence-electron chi connectivity index (χ0n) is 19.2. The number of aryl methyl sites for hydroxylation is 1. The van der Waals surface area contributed by atoms with Crippen LogP contribution in [0, 0.1) is 6.92 Å². The van der Waals surface area contributed by atoms with Gasteiger partial charge in [0.1, 0.15) is 5.78 Å². The lowest BCUT2D eigenvalue weighted by Gasteiger charge is -2.30. The molecule has 4 aromatic rings. The topological polar surface area (TPSA) is 63.2 Å². The summed E-state index contributed by atoms with van der Waals surface area (Å²) in [6.07, 6.45) is -4.57. The molecular weight excluding hydrogens is 506 g/mol. The van der Waals surface area contributed by atoms with Gasteiger partial charge in [-0.1, -0.05) is 90.5 Å². The zero-order valence-corrected chi connectivity index (χ0v) is 20.9. The summed E-state index contributed by atoms with van der Waals surface area (Å²) < 4.78 is 84.2. The Labute approximate surface area is 208 Å². The second-order valence-electron chi connectivity index (χ2n) is 8.29. The molecule has 4 aromatic carbocycles. The van der Waals surface area contributed by atoms with Crippen molar-refractivity contribution < 1.29 is 26.2 Å². The summed E-state index contributed by atoms with van der Waals surface area (Å²) in [5.41, 5.74) is 0.114. The van der Waals surface area contributed by atoms with E-state index in [2.05, 4.69) is 4.72 Å². The molecule has 0 radical (unpaired) electrons. The highest BCUT2D eigenvalue weighted by atomic mass is 32.2. The number of halogens is 3. The predicted octanol–water partition coefficient (Wildman–Crippen LogP) is 6.01. The van der Waals surface area contributed by atoms with E-state index in [1.807, 2.05) is 6.92 Å². The third kappa shape index (κ3) is 5.31. The molecule has 0 spiro atoms. The van der Waals surface area contributed by atoms with Crippen molar-refractivity contribution in [3.05, 3.63) is 126 Å². The van der Waals surface area contributed by atoms with Gasteiger partial charge in [0, 0.05) is 10.6 Å². The molecule has 0 amide bonds. The Morgan fingerprint density at radius 2 is 1.19 bits per heavy atom. The summed E-state index contributed by atoms with van der Waals surface area (Å²) in [7, 11) is -8.02. The first-order chi connectivity index (χ1) is 17.0. The zero-order chi connectivity index (χ0) is 26.0. The molecule has 0 aromatic heterocycles. The van der Waals surface area contributed by atoms with Crippen LogP contribution in [0.5, 0.6) is 0 Å². The molecule has 4 nitrogen and oxygen atoms in total. The van der Waals surface area contributed by atoms with Gasteiger partial charge in [-0.05, 0) is 36.8 Å². The molecule has 0 saturated carbocycles. The summed E-state index contributed by atoms with van der Waals surface area (Å²) >= 11 is 0. The maximum atomic E-state index is 15.0. The Hall–Kier alpha value is -3.19. The van der Waals surface area contributed by atoms with E-state index >= 15 is 4.57 Å². The first-order valence-corrected chi connectivity index (χ1v) is 14.2. The lowest BCUT2D eigenvalue weighted by atomic mass is 10.1. The monoisotopic (exact) mass is 529 g/mol. The average molecular weight is 530 g/mol. The fourth-order valence-corrected chi connectivity index (χ4v) is 8.67. The number of rotatable bonds is 7. The minimum absolute atomic E-state index is 0.0438. The Bertz CT molecular complexity index is 1430. The highest BCUT2D eigenvalue weighted by Crippen LogP contribution is 2.56. The van der Waals surface area contributed by atoms with Gasteiger partial charge in [-0.2, -0.15) is 17.9 Å². The smallest absolute Gasteiger partial charge is 0.312 e. The van der Waals surface area contributed by atoms with Crippen molar-refractivity contribution in [2.24, 2.45) is 0 Å². The number of hydrogen-bond acceptors (Lipinski definition) is 3. The molecule has 1 N–H and O–H groups in total. The third-order valence-electron chi connectivity index (χ3n) is 5.79. The second-order valence-corrected chi connectivity index (χ2v) is 12.9. The van der Waals surface area contributed by atoms with Crippen LogP contribution < -0.4 is 15.3 Å². The van der Waals surface area contributed by atoms with E-state index in [-0.39, 0.29) is 10.5 Å². The Morgan fingerprint density at radius 3 is 1.64 bits per heavy atom. The summed E-state index contributed by atoms with van der Waals surface area (Å²) in [4.78, 5) is -0.0438. The first kappa shape index (κ1) is 25.9. The number of alkyl halides is 3. The van der Waals surface area contributed by atoms with Crippen LogP contribution in [0.15, 0.2) is 114 Å². The van der Waals surface area contributed by atoms with Gasteiger partial charge in [-0.25, -0.2) is 8.42 Å². The van der Waals surface area contributed by atoms with Gasteiger partial charge in [0.15, 0.2) is 7.14 Å². The standard InChI is InChI=1S/C27H23F3NO3PS/c1-20-12-18-25(19-13-20)36(33,34)31-26(21-14-16-22(17-15-21)27(28,29)30)35(32,23-8-4-2-5-9-23)24-10-6-3-7-11-24/h2-19,26,31H,1H3. The first-order valence-electron chi connectivity index (χ1n) is 11.0. The summed E-state index contributed by atoms with van der Waals surface area (Å²) in [5, 5.41) is 0.736. The lowest BCUT2D eigenvalue weighted by Crippen LogP contribution is -2.34. The van der Waals surface area contributed by atoms with Gasteiger partial charge in [-0.15, -0.1) is 0 Å². The maximum Gasteiger partial charge on any atom is 0.416 e. The van der Waals surface area contributed by atoms with Crippen molar-refractivity contribution in [1.29, 1.82) is 0 Å². The van der Waals surface area contributed by atoms with Crippen molar-refractivity contribution >= 4 is 27.8 Å². The fraction of sp³-hybridized carbons (Fsp3) is 0.111. The molecule has 0 aliphatic rings. The van der Waals surface area contributed by atoms with E-state index in [9.17, 15) is 21.6 Å². The Morgan fingerprint density at radius 1 is 0.722 bits per heavy atom. The van der Waals surface area contributed by atoms with Gasteiger partial charge >= 0.3 is 6.18 Å². The molecule has 1 unspecified atom stereocenters. The molecule has 0 aliphatic heterocycles. The molecule has 36 heavy (non-hydrogen) atoms. The molecule has 9 heteroatoms. The maximum absolute atomic E-state index is 15.0. The number of nitrogens with one attached hydrogen (secondary N) is 1. The minimum atomic E-state index is -4.57. The molecule has 4 rings (SSSR count). The molecule has 1 atom stereocenters. The van der Waals surface area contributed by atoms with E-state index in [4.69, 9.17) is 0 Å². The van der Waals surface area contributed by atoms with Crippen LogP contribution in [0.1, 0.15) is 22.5 Å². The van der Waals surface area contributed by atoms with E-state index in [0.717, 1.165) is 17.7 Å². The van der Waals surface area contributed by atoms with Gasteiger partial charge in [0.2, 0.25) is 10.0 Å². The summed E-state index contributed by atoms with van der Waals surface area (Å²) in [6.45, 7) is 1.81. The van der Waals surface area contributed by atoms with Crippen molar-refractivity contribution in [2.75, 3.05) is 0 Å². The van der Waals surface area contributed by atoms with Gasteiger partial charge in [-0.3, -0.25) is 0 Å². The van der Waals surface area contributed by atoms with Gasteiger partial charge in [0.05, 0.1) is 10.5 Å². The van der Waals surface area contributed by atoms with Crippen LogP contribution in [0.4, 0.5) is 13.2 Å². The lowest BCUT2D eigenvalue weighted by molar-refractivity contribution is -0.137. The molecular formula is C27H23F3NO3PS. The molecule has 186 valence electrons. The third-order valence-corrected chi connectivity index (χ3v) is 10.7. The van der Waals surface area contributed by atoms with E-state index in [0.29, 0.717) is 10.6 Å². The summed E-state index contributed by atoms with van der Waals surface area (Å²) in [5.74, 6) is -1.36. The number of benzene rings is 4. The van der Waals surface area contributed by atoms with Crippen molar-refractivity contribution in [2.45, 2.75) is 23.8 Å². The van der Waals surface area contributed by atoms with Crippen LogP contribution in [0.3, 0.4) is 0 Å². The van der Waals surface area contributed by atoms with E-state index in [1.165, 1.54) is 24.3 Å². The van der Waals surface area contributed by atoms with Crippen molar-refractivity contribution in [3.8, 4) is 0 Å². The fourth-order valence-electron chi connectivity index (χ4n) is 3.89. The quantitative estimate of drug-likeness (QED) is 0.299. The molecule has 0 fully saturated rings. The molecule has 0 heterocycles. The van der Waals surface area contributed by atoms with Crippen LogP contribution >= 0.6 is 7.14 Å². The highest BCUT2D eigenvalue weighted by Gasteiger charge is 2.41. The largest absolute Gasteiger partial charge is 0.416 e. The Kier molecular flexibility index (Phi) is 7.23. The minimum Gasteiger partial charge on any atom is -0.312 e. The SMILES string of the molecule is Cc1ccc(S(=O)(=O)NC(c2ccc(C(F)(F)F)cc2)P(=O)(c2ccccc2)c2ccccc2)cc1. The van der Waals surface area contributed by atoms with Gasteiger partial charge < -0.3 is 4.57 Å².